The van der Waals surface area contributed by atoms with Gasteiger partial charge in [0, 0.05) is 23.5 Å². The monoisotopic (exact) mass is 376 g/mol. The Labute approximate surface area is 163 Å². The molecular formula is C21H24N6O. The molecular weight excluding hydrogens is 352 g/mol. The quantitative estimate of drug-likeness (QED) is 0.759. The topological polar surface area (TPSA) is 81.7 Å². The second kappa shape index (κ2) is 5.43. The van der Waals surface area contributed by atoms with Crippen molar-refractivity contribution in [1.29, 1.82) is 0 Å². The average molecular weight is 376 g/mol. The van der Waals surface area contributed by atoms with Crippen LogP contribution in [0.5, 0.6) is 5.75 Å². The van der Waals surface area contributed by atoms with Crippen LogP contribution in [0.3, 0.4) is 0 Å². The number of phenols is 1. The molecule has 144 valence electrons. The zero-order valence-electron chi connectivity index (χ0n) is 16.0. The maximum atomic E-state index is 9.97. The number of aryl methyl sites for hydroxylation is 1. The van der Waals surface area contributed by atoms with E-state index in [2.05, 4.69) is 31.2 Å². The minimum absolute atomic E-state index is 0.0307. The van der Waals surface area contributed by atoms with Gasteiger partial charge in [-0.05, 0) is 74.6 Å². The third-order valence-electron chi connectivity index (χ3n) is 7.19. The van der Waals surface area contributed by atoms with E-state index in [0.29, 0.717) is 11.8 Å². The molecule has 0 saturated heterocycles. The molecule has 1 aromatic carbocycles. The van der Waals surface area contributed by atoms with Gasteiger partial charge in [0.15, 0.2) is 5.82 Å². The first-order chi connectivity index (χ1) is 13.6. The van der Waals surface area contributed by atoms with Crippen molar-refractivity contribution < 1.29 is 5.11 Å². The lowest BCUT2D eigenvalue weighted by atomic mass is 9.50. The Morgan fingerprint density at radius 2 is 1.89 bits per heavy atom. The second-order valence-electron chi connectivity index (χ2n) is 9.21. The highest BCUT2D eigenvalue weighted by Crippen LogP contribution is 2.63. The van der Waals surface area contributed by atoms with E-state index in [0.717, 1.165) is 36.5 Å². The number of benzene rings is 1. The molecule has 4 aliphatic rings. The fraction of sp³-hybridized carbons (Fsp3) is 0.524. The van der Waals surface area contributed by atoms with Crippen LogP contribution in [-0.4, -0.2) is 34.9 Å². The lowest BCUT2D eigenvalue weighted by Crippen LogP contribution is -2.60. The van der Waals surface area contributed by atoms with E-state index in [9.17, 15) is 5.11 Å². The summed E-state index contributed by atoms with van der Waals surface area (Å²) >= 11 is 0. The molecule has 2 heterocycles. The molecule has 0 aliphatic heterocycles. The molecule has 4 saturated carbocycles. The lowest BCUT2D eigenvalue weighted by molar-refractivity contribution is -0.103. The van der Waals surface area contributed by atoms with Gasteiger partial charge in [0.2, 0.25) is 0 Å². The molecule has 28 heavy (non-hydrogen) atoms. The Bertz CT molecular complexity index is 1040. The summed E-state index contributed by atoms with van der Waals surface area (Å²) in [5, 5.41) is 23.2. The van der Waals surface area contributed by atoms with Crippen LogP contribution < -0.4 is 0 Å². The standard InChI is InChI=1S/C21H24N6O/c1-14-23-25-27(24-14)21-11-15-7-16(12-21)10-20(9-15,13-21)26-6-5-22-19(26)17-3-2-4-18(28)8-17/h2-6,8,15-16,28H,7,9-13H2,1H3. The largest absolute Gasteiger partial charge is 0.508 e. The van der Waals surface area contributed by atoms with Crippen molar-refractivity contribution in [2.24, 2.45) is 11.8 Å². The summed E-state index contributed by atoms with van der Waals surface area (Å²) in [6.45, 7) is 1.91. The van der Waals surface area contributed by atoms with Crippen LogP contribution in [0.1, 0.15) is 44.3 Å². The van der Waals surface area contributed by atoms with Crippen molar-refractivity contribution in [2.75, 3.05) is 0 Å². The summed E-state index contributed by atoms with van der Waals surface area (Å²) < 4.78 is 2.39. The van der Waals surface area contributed by atoms with Crippen LogP contribution in [-0.2, 0) is 11.1 Å². The first-order valence-electron chi connectivity index (χ1n) is 10.2. The van der Waals surface area contributed by atoms with Gasteiger partial charge < -0.3 is 9.67 Å². The predicted molar refractivity (Wildman–Crippen MR) is 103 cm³/mol. The molecule has 7 heteroatoms. The smallest absolute Gasteiger partial charge is 0.171 e. The summed E-state index contributed by atoms with van der Waals surface area (Å²) in [6, 6.07) is 7.41. The summed E-state index contributed by atoms with van der Waals surface area (Å²) in [5.74, 6) is 3.33. The van der Waals surface area contributed by atoms with E-state index in [1.807, 2.05) is 30.0 Å². The van der Waals surface area contributed by atoms with Crippen molar-refractivity contribution in [1.82, 2.24) is 29.8 Å². The number of tetrazole rings is 1. The van der Waals surface area contributed by atoms with E-state index in [-0.39, 0.29) is 16.8 Å². The Kier molecular flexibility index (Phi) is 3.15. The Hall–Kier alpha value is -2.70. The van der Waals surface area contributed by atoms with E-state index >= 15 is 0 Å². The second-order valence-corrected chi connectivity index (χ2v) is 9.21. The molecule has 3 aromatic rings. The molecule has 0 radical (unpaired) electrons. The van der Waals surface area contributed by atoms with Gasteiger partial charge in [-0.1, -0.05) is 12.1 Å². The first-order valence-corrected chi connectivity index (χ1v) is 10.2. The van der Waals surface area contributed by atoms with Crippen molar-refractivity contribution in [3.63, 3.8) is 0 Å². The molecule has 2 unspecified atom stereocenters. The zero-order chi connectivity index (χ0) is 18.9. The SMILES string of the molecule is Cc1nnn(C23CC4CC(C2)CC(n2ccnc2-c2cccc(O)c2)(C4)C3)n1. The number of hydrogen-bond donors (Lipinski definition) is 1. The van der Waals surface area contributed by atoms with Crippen LogP contribution in [0.25, 0.3) is 11.4 Å². The van der Waals surface area contributed by atoms with Crippen LogP contribution in [0, 0.1) is 18.8 Å². The summed E-state index contributed by atoms with van der Waals surface area (Å²) in [7, 11) is 0. The number of nitrogens with zero attached hydrogens (tertiary/aromatic N) is 6. The maximum absolute atomic E-state index is 9.97. The van der Waals surface area contributed by atoms with Crippen LogP contribution in [0.4, 0.5) is 0 Å². The molecule has 4 bridgehead atoms. The highest BCUT2D eigenvalue weighted by atomic mass is 16.3. The van der Waals surface area contributed by atoms with E-state index in [1.54, 1.807) is 12.1 Å². The summed E-state index contributed by atoms with van der Waals surface area (Å²) in [4.78, 5) is 6.62. The number of rotatable bonds is 3. The van der Waals surface area contributed by atoms with E-state index < -0.39 is 0 Å². The Morgan fingerprint density at radius 1 is 1.11 bits per heavy atom. The van der Waals surface area contributed by atoms with Crippen molar-refractivity contribution >= 4 is 0 Å². The Morgan fingerprint density at radius 3 is 2.61 bits per heavy atom. The van der Waals surface area contributed by atoms with Crippen LogP contribution in [0.2, 0.25) is 0 Å². The fourth-order valence-electron chi connectivity index (χ4n) is 6.71. The van der Waals surface area contributed by atoms with Gasteiger partial charge in [0.25, 0.3) is 0 Å². The molecule has 2 aromatic heterocycles. The number of aromatic nitrogens is 6. The van der Waals surface area contributed by atoms with Crippen molar-refractivity contribution in [3.05, 3.63) is 42.5 Å². The lowest BCUT2D eigenvalue weighted by Gasteiger charge is -2.61. The number of hydrogen-bond acceptors (Lipinski definition) is 5. The van der Waals surface area contributed by atoms with E-state index in [1.165, 1.54) is 19.3 Å². The predicted octanol–water partition coefficient (Wildman–Crippen LogP) is 3.26. The molecule has 4 aliphatic carbocycles. The first kappa shape index (κ1) is 16.3. The van der Waals surface area contributed by atoms with Gasteiger partial charge >= 0.3 is 0 Å². The normalized spacial score (nSPS) is 33.5. The summed E-state index contributed by atoms with van der Waals surface area (Å²) in [5.41, 5.74) is 0.957. The molecule has 1 N–H and O–H groups in total. The zero-order valence-corrected chi connectivity index (χ0v) is 16.0. The van der Waals surface area contributed by atoms with Gasteiger partial charge in [0.05, 0.1) is 5.54 Å². The van der Waals surface area contributed by atoms with Gasteiger partial charge in [0.1, 0.15) is 11.6 Å². The molecule has 2 atom stereocenters. The highest BCUT2D eigenvalue weighted by Gasteiger charge is 2.60. The number of phenolic OH excluding ortho intramolecular Hbond substituents is 1. The van der Waals surface area contributed by atoms with Gasteiger partial charge in [-0.25, -0.2) is 4.98 Å². The van der Waals surface area contributed by atoms with E-state index in [4.69, 9.17) is 0 Å². The molecule has 0 amide bonds. The minimum atomic E-state index is -0.0360. The maximum Gasteiger partial charge on any atom is 0.171 e. The third kappa shape index (κ3) is 2.22. The fourth-order valence-corrected chi connectivity index (χ4v) is 6.71. The van der Waals surface area contributed by atoms with Crippen molar-refractivity contribution in [2.45, 2.75) is 56.5 Å². The Balaban J connectivity index is 1.47. The molecule has 7 nitrogen and oxygen atoms in total. The number of aromatic hydroxyl groups is 1. The highest BCUT2D eigenvalue weighted by molar-refractivity contribution is 5.58. The van der Waals surface area contributed by atoms with Gasteiger partial charge in [-0.3, -0.25) is 0 Å². The van der Waals surface area contributed by atoms with Gasteiger partial charge in [-0.15, -0.1) is 10.2 Å². The average Bonchev–Trinajstić information content (AvgIpc) is 3.30. The minimum Gasteiger partial charge on any atom is -0.508 e. The number of imidazole rings is 1. The molecule has 4 fully saturated rings. The molecule has 0 spiro atoms. The van der Waals surface area contributed by atoms with Crippen molar-refractivity contribution in [3.8, 4) is 17.1 Å². The summed E-state index contributed by atoms with van der Waals surface area (Å²) in [6.07, 6.45) is 11.0. The van der Waals surface area contributed by atoms with Crippen LogP contribution in [0.15, 0.2) is 36.7 Å². The van der Waals surface area contributed by atoms with Gasteiger partial charge in [-0.2, -0.15) is 4.80 Å². The third-order valence-corrected chi connectivity index (χ3v) is 7.19. The van der Waals surface area contributed by atoms with Crippen LogP contribution >= 0.6 is 0 Å². The molecule has 7 rings (SSSR count).